The van der Waals surface area contributed by atoms with Gasteiger partial charge in [-0.05, 0) is 62.3 Å². The second-order valence-electron chi connectivity index (χ2n) is 9.47. The minimum Gasteiger partial charge on any atom is -0.356 e. The molecule has 0 bridgehead atoms. The molecule has 32 heavy (non-hydrogen) atoms. The SMILES string of the molecule is CC1CCN(c2nc(N3CCCCC3)nc3c2CN(C(=O)c2ccc(Cl)cc2)CC3)CC1. The molecule has 3 aliphatic heterocycles. The van der Waals surface area contributed by atoms with Crippen molar-refractivity contribution in [2.75, 3.05) is 42.5 Å². The summed E-state index contributed by atoms with van der Waals surface area (Å²) in [5, 5.41) is 0.644. The summed E-state index contributed by atoms with van der Waals surface area (Å²) in [5.41, 5.74) is 2.93. The Kier molecular flexibility index (Phi) is 6.22. The van der Waals surface area contributed by atoms with Gasteiger partial charge in [-0.1, -0.05) is 18.5 Å². The molecule has 3 aliphatic rings. The van der Waals surface area contributed by atoms with Crippen LogP contribution in [0.2, 0.25) is 5.02 Å². The first-order chi connectivity index (χ1) is 15.6. The van der Waals surface area contributed by atoms with Gasteiger partial charge in [0.15, 0.2) is 0 Å². The Morgan fingerprint density at radius 2 is 1.66 bits per heavy atom. The first-order valence-electron chi connectivity index (χ1n) is 12.0. The zero-order valence-electron chi connectivity index (χ0n) is 18.9. The first kappa shape index (κ1) is 21.5. The molecule has 5 rings (SSSR count). The molecular weight excluding hydrogens is 422 g/mol. The third kappa shape index (κ3) is 4.42. The van der Waals surface area contributed by atoms with Crippen LogP contribution in [0.25, 0.3) is 0 Å². The maximum Gasteiger partial charge on any atom is 0.254 e. The van der Waals surface area contributed by atoms with E-state index in [1.54, 1.807) is 12.1 Å². The van der Waals surface area contributed by atoms with Gasteiger partial charge in [0.25, 0.3) is 5.91 Å². The molecule has 7 heteroatoms. The number of nitrogens with zero attached hydrogens (tertiary/aromatic N) is 5. The number of carbonyl (C=O) groups excluding carboxylic acids is 1. The van der Waals surface area contributed by atoms with Crippen LogP contribution in [0.3, 0.4) is 0 Å². The molecule has 2 saturated heterocycles. The Morgan fingerprint density at radius 1 is 0.938 bits per heavy atom. The number of rotatable bonds is 3. The zero-order valence-corrected chi connectivity index (χ0v) is 19.7. The molecule has 0 radical (unpaired) electrons. The predicted molar refractivity (Wildman–Crippen MR) is 129 cm³/mol. The topological polar surface area (TPSA) is 52.6 Å². The summed E-state index contributed by atoms with van der Waals surface area (Å²) >= 11 is 6.01. The van der Waals surface area contributed by atoms with Crippen molar-refractivity contribution in [2.24, 2.45) is 5.92 Å². The summed E-state index contributed by atoms with van der Waals surface area (Å²) in [7, 11) is 0. The second kappa shape index (κ2) is 9.26. The van der Waals surface area contributed by atoms with Gasteiger partial charge in [0, 0.05) is 55.3 Å². The van der Waals surface area contributed by atoms with E-state index in [2.05, 4.69) is 16.7 Å². The first-order valence-corrected chi connectivity index (χ1v) is 12.4. The second-order valence-corrected chi connectivity index (χ2v) is 9.91. The fraction of sp³-hybridized carbons (Fsp3) is 0.560. The predicted octanol–water partition coefficient (Wildman–Crippen LogP) is 4.56. The summed E-state index contributed by atoms with van der Waals surface area (Å²) < 4.78 is 0. The molecular formula is C25H32ClN5O. The van der Waals surface area contributed by atoms with E-state index in [1.165, 1.54) is 32.1 Å². The molecule has 6 nitrogen and oxygen atoms in total. The summed E-state index contributed by atoms with van der Waals surface area (Å²) in [4.78, 5) is 30.0. The van der Waals surface area contributed by atoms with E-state index in [-0.39, 0.29) is 5.91 Å². The quantitative estimate of drug-likeness (QED) is 0.682. The van der Waals surface area contributed by atoms with Gasteiger partial charge in [-0.3, -0.25) is 4.79 Å². The molecule has 1 amide bonds. The summed E-state index contributed by atoms with van der Waals surface area (Å²) in [6.07, 6.45) is 6.85. The molecule has 1 aromatic carbocycles. The van der Waals surface area contributed by atoms with Gasteiger partial charge in [0.05, 0.1) is 12.2 Å². The van der Waals surface area contributed by atoms with Crippen LogP contribution in [0.15, 0.2) is 24.3 Å². The number of carbonyl (C=O) groups is 1. The van der Waals surface area contributed by atoms with Gasteiger partial charge < -0.3 is 14.7 Å². The molecule has 0 saturated carbocycles. The van der Waals surface area contributed by atoms with E-state index in [4.69, 9.17) is 21.6 Å². The van der Waals surface area contributed by atoms with E-state index >= 15 is 0 Å². The molecule has 2 fully saturated rings. The maximum atomic E-state index is 13.2. The normalized spacial score (nSPS) is 19.8. The molecule has 2 aromatic rings. The Labute approximate surface area is 195 Å². The number of piperidine rings is 2. The molecule has 170 valence electrons. The summed E-state index contributed by atoms with van der Waals surface area (Å²) in [5.74, 6) is 2.74. The largest absolute Gasteiger partial charge is 0.356 e. The van der Waals surface area contributed by atoms with E-state index in [0.717, 1.165) is 61.5 Å². The number of hydrogen-bond acceptors (Lipinski definition) is 5. The van der Waals surface area contributed by atoms with Crippen molar-refractivity contribution in [2.45, 2.75) is 52.0 Å². The van der Waals surface area contributed by atoms with Gasteiger partial charge >= 0.3 is 0 Å². The van der Waals surface area contributed by atoms with Gasteiger partial charge in [0.2, 0.25) is 5.95 Å². The Morgan fingerprint density at radius 3 is 2.38 bits per heavy atom. The Balaban J connectivity index is 1.46. The molecule has 1 aromatic heterocycles. The molecule has 4 heterocycles. The van der Waals surface area contributed by atoms with Crippen LogP contribution < -0.4 is 9.80 Å². The van der Waals surface area contributed by atoms with Crippen molar-refractivity contribution in [3.63, 3.8) is 0 Å². The van der Waals surface area contributed by atoms with Crippen molar-refractivity contribution in [3.05, 3.63) is 46.1 Å². The number of fused-ring (bicyclic) bond motifs is 1. The highest BCUT2D eigenvalue weighted by atomic mass is 35.5. The van der Waals surface area contributed by atoms with Crippen molar-refractivity contribution in [1.82, 2.24) is 14.9 Å². The third-order valence-electron chi connectivity index (χ3n) is 7.13. The van der Waals surface area contributed by atoms with Gasteiger partial charge in [-0.25, -0.2) is 4.98 Å². The van der Waals surface area contributed by atoms with Crippen LogP contribution in [0.4, 0.5) is 11.8 Å². The highest BCUT2D eigenvalue weighted by Crippen LogP contribution is 2.32. The summed E-state index contributed by atoms with van der Waals surface area (Å²) in [6, 6.07) is 7.17. The van der Waals surface area contributed by atoms with Crippen molar-refractivity contribution in [3.8, 4) is 0 Å². The summed E-state index contributed by atoms with van der Waals surface area (Å²) in [6.45, 7) is 7.70. The maximum absolute atomic E-state index is 13.2. The number of anilines is 2. The highest BCUT2D eigenvalue weighted by Gasteiger charge is 2.30. The lowest BCUT2D eigenvalue weighted by atomic mass is 9.98. The standard InChI is InChI=1S/C25H32ClN5O/c1-18-9-14-29(15-10-18)23-21-17-31(24(32)19-5-7-20(26)8-6-19)16-11-22(21)27-25(28-23)30-12-3-2-4-13-30/h5-8,18H,2-4,9-17H2,1H3. The van der Waals surface area contributed by atoms with E-state index in [0.29, 0.717) is 23.7 Å². The van der Waals surface area contributed by atoms with E-state index < -0.39 is 0 Å². The van der Waals surface area contributed by atoms with Crippen LogP contribution in [-0.4, -0.2) is 53.5 Å². The average molecular weight is 454 g/mol. The minimum absolute atomic E-state index is 0.0469. The highest BCUT2D eigenvalue weighted by molar-refractivity contribution is 6.30. The number of amides is 1. The van der Waals surface area contributed by atoms with Crippen LogP contribution in [0.1, 0.15) is 60.6 Å². The van der Waals surface area contributed by atoms with Gasteiger partial charge in [-0.15, -0.1) is 0 Å². The monoisotopic (exact) mass is 453 g/mol. The molecule has 0 aliphatic carbocycles. The van der Waals surface area contributed by atoms with E-state index in [9.17, 15) is 4.79 Å². The lowest BCUT2D eigenvalue weighted by Crippen LogP contribution is -2.41. The van der Waals surface area contributed by atoms with Crippen molar-refractivity contribution in [1.29, 1.82) is 0 Å². The van der Waals surface area contributed by atoms with E-state index in [1.807, 2.05) is 17.0 Å². The number of halogens is 1. The molecule has 0 atom stereocenters. The number of aromatic nitrogens is 2. The third-order valence-corrected chi connectivity index (χ3v) is 7.38. The van der Waals surface area contributed by atoms with Crippen molar-refractivity contribution >= 4 is 29.3 Å². The molecule has 0 unspecified atom stereocenters. The smallest absolute Gasteiger partial charge is 0.254 e. The zero-order chi connectivity index (χ0) is 22.1. The van der Waals surface area contributed by atoms with Crippen LogP contribution in [0.5, 0.6) is 0 Å². The van der Waals surface area contributed by atoms with Crippen LogP contribution in [-0.2, 0) is 13.0 Å². The fourth-order valence-corrected chi connectivity index (χ4v) is 5.18. The van der Waals surface area contributed by atoms with Crippen molar-refractivity contribution < 1.29 is 4.79 Å². The molecule has 0 spiro atoms. The average Bonchev–Trinajstić information content (AvgIpc) is 2.84. The Hall–Kier alpha value is -2.34. The number of benzene rings is 1. The van der Waals surface area contributed by atoms with Gasteiger partial charge in [-0.2, -0.15) is 4.98 Å². The lowest BCUT2D eigenvalue weighted by molar-refractivity contribution is 0.0733. The van der Waals surface area contributed by atoms with Crippen LogP contribution in [0, 0.1) is 5.92 Å². The lowest BCUT2D eigenvalue weighted by Gasteiger charge is -2.37. The van der Waals surface area contributed by atoms with Crippen LogP contribution >= 0.6 is 11.6 Å². The number of hydrogen-bond donors (Lipinski definition) is 0. The molecule has 0 N–H and O–H groups in total. The fourth-order valence-electron chi connectivity index (χ4n) is 5.05. The van der Waals surface area contributed by atoms with Gasteiger partial charge in [0.1, 0.15) is 5.82 Å². The minimum atomic E-state index is 0.0469. The Bertz CT molecular complexity index is 965.